The summed E-state index contributed by atoms with van der Waals surface area (Å²) in [5.41, 5.74) is 3.62. The third-order valence-electron chi connectivity index (χ3n) is 8.11. The maximum absolute atomic E-state index is 15.0. The molecule has 0 bridgehead atoms. The molecule has 1 fully saturated rings. The summed E-state index contributed by atoms with van der Waals surface area (Å²) in [6.07, 6.45) is 3.62. The molecule has 11 heteroatoms. The van der Waals surface area contributed by atoms with Crippen LogP contribution in [0.5, 0.6) is 0 Å². The van der Waals surface area contributed by atoms with Crippen molar-refractivity contribution >= 4 is 40.8 Å². The smallest absolute Gasteiger partial charge is 0.326 e. The predicted molar refractivity (Wildman–Crippen MR) is 157 cm³/mol. The zero-order valence-corrected chi connectivity index (χ0v) is 23.3. The molecule has 0 aliphatic carbocycles. The van der Waals surface area contributed by atoms with Crippen molar-refractivity contribution in [2.24, 2.45) is 0 Å². The summed E-state index contributed by atoms with van der Waals surface area (Å²) in [4.78, 5) is 44.5. The number of para-hydroxylation sites is 1. The lowest BCUT2D eigenvalue weighted by atomic mass is 9.94. The number of nitrogens with one attached hydrogen (secondary N) is 1. The van der Waals surface area contributed by atoms with E-state index in [4.69, 9.17) is 0 Å². The number of anilines is 5. The Morgan fingerprint density at radius 3 is 2.61 bits per heavy atom. The summed E-state index contributed by atoms with van der Waals surface area (Å²) in [7, 11) is 3.76. The third-order valence-corrected chi connectivity index (χ3v) is 8.11. The average molecular weight is 557 g/mol. The molecule has 212 valence electrons. The van der Waals surface area contributed by atoms with Gasteiger partial charge in [0.05, 0.1) is 18.3 Å². The highest BCUT2D eigenvalue weighted by Gasteiger charge is 2.38. The van der Waals surface area contributed by atoms with Crippen molar-refractivity contribution < 1.29 is 14.0 Å². The molecule has 1 saturated heterocycles. The molecular weight excluding hydrogens is 523 g/mol. The summed E-state index contributed by atoms with van der Waals surface area (Å²) in [5.74, 6) is 0.322. The van der Waals surface area contributed by atoms with Crippen molar-refractivity contribution in [2.45, 2.75) is 19.0 Å². The number of rotatable bonds is 5. The first-order chi connectivity index (χ1) is 19.8. The fraction of sp³-hybridized carbons (Fsp3) is 0.333. The molecule has 41 heavy (non-hydrogen) atoms. The van der Waals surface area contributed by atoms with Crippen LogP contribution in [0.3, 0.4) is 0 Å². The maximum atomic E-state index is 15.0. The fourth-order valence-corrected chi connectivity index (χ4v) is 5.86. The van der Waals surface area contributed by atoms with Gasteiger partial charge >= 0.3 is 6.03 Å². The minimum atomic E-state index is -0.304. The maximum Gasteiger partial charge on any atom is 0.326 e. The molecule has 4 heterocycles. The van der Waals surface area contributed by atoms with Crippen molar-refractivity contribution in [1.29, 1.82) is 0 Å². The van der Waals surface area contributed by atoms with E-state index in [1.807, 2.05) is 30.3 Å². The van der Waals surface area contributed by atoms with Crippen LogP contribution in [0.1, 0.15) is 23.6 Å². The van der Waals surface area contributed by atoms with Crippen LogP contribution in [-0.2, 0) is 11.3 Å². The van der Waals surface area contributed by atoms with E-state index in [1.54, 1.807) is 29.1 Å². The van der Waals surface area contributed by atoms with E-state index in [0.29, 0.717) is 36.7 Å². The second kappa shape index (κ2) is 10.8. The standard InChI is InChI=1S/C30H33FN8O2/c1-4-27(40)38-12-11-25(22-7-5-6-8-24(22)38)39-19-20-18-32-29(34-28(20)36(3)30(39)41)33-21-9-10-26(23(31)17-21)37-15-13-35(2)14-16-37/h4-10,17-18,25H,1,11-16,19H2,2-3H3,(H,32,33,34). The Balaban J connectivity index is 1.21. The number of hydrogen-bond acceptors (Lipinski definition) is 7. The van der Waals surface area contributed by atoms with Crippen LogP contribution >= 0.6 is 0 Å². The number of piperazine rings is 1. The first-order valence-electron chi connectivity index (χ1n) is 13.8. The molecule has 1 aromatic heterocycles. The van der Waals surface area contributed by atoms with E-state index in [-0.39, 0.29) is 29.7 Å². The highest BCUT2D eigenvalue weighted by atomic mass is 19.1. The molecular formula is C30H33FN8O2. The molecule has 3 aliphatic heterocycles. The van der Waals surface area contributed by atoms with Gasteiger partial charge in [0.1, 0.15) is 11.6 Å². The van der Waals surface area contributed by atoms with Gasteiger partial charge in [-0.3, -0.25) is 9.69 Å². The van der Waals surface area contributed by atoms with Gasteiger partial charge in [0.15, 0.2) is 0 Å². The molecule has 1 atom stereocenters. The molecule has 2 aromatic carbocycles. The molecule has 3 amide bonds. The van der Waals surface area contributed by atoms with E-state index < -0.39 is 0 Å². The molecule has 1 unspecified atom stereocenters. The normalized spacial score (nSPS) is 19.1. The van der Waals surface area contributed by atoms with Gasteiger partial charge in [-0.1, -0.05) is 24.8 Å². The summed E-state index contributed by atoms with van der Waals surface area (Å²) in [6, 6.07) is 12.3. The van der Waals surface area contributed by atoms with Gasteiger partial charge in [0.2, 0.25) is 11.9 Å². The van der Waals surface area contributed by atoms with Crippen LogP contribution in [0.25, 0.3) is 0 Å². The molecule has 3 aliphatic rings. The number of urea groups is 1. The first-order valence-corrected chi connectivity index (χ1v) is 13.8. The third kappa shape index (κ3) is 4.97. The van der Waals surface area contributed by atoms with Gasteiger partial charge in [-0.2, -0.15) is 4.98 Å². The monoisotopic (exact) mass is 556 g/mol. The number of fused-ring (bicyclic) bond motifs is 2. The molecule has 0 spiro atoms. The first kappa shape index (κ1) is 26.7. The van der Waals surface area contributed by atoms with Gasteiger partial charge in [0.25, 0.3) is 0 Å². The van der Waals surface area contributed by atoms with Gasteiger partial charge in [-0.15, -0.1) is 0 Å². The van der Waals surface area contributed by atoms with Crippen LogP contribution < -0.4 is 20.0 Å². The second-order valence-electron chi connectivity index (χ2n) is 10.7. The Hall–Kier alpha value is -4.51. The van der Waals surface area contributed by atoms with E-state index in [2.05, 4.69) is 38.7 Å². The van der Waals surface area contributed by atoms with Gasteiger partial charge in [0, 0.05) is 62.9 Å². The van der Waals surface area contributed by atoms with E-state index in [1.165, 1.54) is 17.0 Å². The number of benzene rings is 2. The van der Waals surface area contributed by atoms with Gasteiger partial charge < -0.3 is 24.9 Å². The Bertz CT molecular complexity index is 1510. The number of carbonyl (C=O) groups is 2. The van der Waals surface area contributed by atoms with E-state index in [9.17, 15) is 9.59 Å². The fourth-order valence-electron chi connectivity index (χ4n) is 5.86. The number of aromatic nitrogens is 2. The van der Waals surface area contributed by atoms with Crippen LogP contribution in [0.4, 0.5) is 38.0 Å². The largest absolute Gasteiger partial charge is 0.367 e. The molecule has 6 rings (SSSR count). The zero-order chi connectivity index (χ0) is 28.7. The second-order valence-corrected chi connectivity index (χ2v) is 10.7. The summed E-state index contributed by atoms with van der Waals surface area (Å²) < 4.78 is 15.0. The Kier molecular flexibility index (Phi) is 7.04. The van der Waals surface area contributed by atoms with Gasteiger partial charge in [-0.05, 0) is 49.4 Å². The van der Waals surface area contributed by atoms with Crippen molar-refractivity contribution in [1.82, 2.24) is 19.8 Å². The lowest BCUT2D eigenvalue weighted by Crippen LogP contribution is -2.49. The molecule has 1 N–H and O–H groups in total. The SMILES string of the molecule is C=CC(=O)N1CCC(N2Cc3cnc(Nc4ccc(N5CCN(C)CC5)c(F)c4)nc3N(C)C2=O)c2ccccc21. The zero-order valence-electron chi connectivity index (χ0n) is 23.3. The quantitative estimate of drug-likeness (QED) is 0.473. The van der Waals surface area contributed by atoms with Crippen molar-refractivity contribution in [2.75, 3.05) is 66.8 Å². The van der Waals surface area contributed by atoms with Crippen LogP contribution in [0.15, 0.2) is 61.3 Å². The van der Waals surface area contributed by atoms with Crippen LogP contribution in [-0.4, -0.2) is 78.5 Å². The number of hydrogen-bond donors (Lipinski definition) is 1. The van der Waals surface area contributed by atoms with Crippen molar-refractivity contribution in [3.05, 3.63) is 78.3 Å². The summed E-state index contributed by atoms with van der Waals surface area (Å²) in [6.45, 7) is 7.79. The number of halogens is 1. The number of likely N-dealkylation sites (N-methyl/N-ethyl adjacent to an activating group) is 1. The van der Waals surface area contributed by atoms with E-state index >= 15 is 4.39 Å². The number of carbonyl (C=O) groups excluding carboxylic acids is 2. The average Bonchev–Trinajstić information content (AvgIpc) is 2.99. The predicted octanol–water partition coefficient (Wildman–Crippen LogP) is 4.15. The Morgan fingerprint density at radius 1 is 1.07 bits per heavy atom. The molecule has 0 radical (unpaired) electrons. The Labute approximate surface area is 238 Å². The highest BCUT2D eigenvalue weighted by Crippen LogP contribution is 2.41. The van der Waals surface area contributed by atoms with Gasteiger partial charge in [-0.25, -0.2) is 14.2 Å². The number of amides is 3. The van der Waals surface area contributed by atoms with Crippen molar-refractivity contribution in [3.63, 3.8) is 0 Å². The minimum absolute atomic E-state index is 0.161. The highest BCUT2D eigenvalue weighted by molar-refractivity contribution is 6.02. The van der Waals surface area contributed by atoms with E-state index in [0.717, 1.165) is 43.0 Å². The van der Waals surface area contributed by atoms with Crippen molar-refractivity contribution in [3.8, 4) is 0 Å². The minimum Gasteiger partial charge on any atom is -0.367 e. The Morgan fingerprint density at radius 2 is 1.85 bits per heavy atom. The molecule has 10 nitrogen and oxygen atoms in total. The summed E-state index contributed by atoms with van der Waals surface area (Å²) in [5, 5.41) is 3.09. The summed E-state index contributed by atoms with van der Waals surface area (Å²) >= 11 is 0. The molecule has 3 aromatic rings. The van der Waals surface area contributed by atoms with Crippen LogP contribution in [0, 0.1) is 5.82 Å². The number of nitrogens with zero attached hydrogens (tertiary/aromatic N) is 7. The lowest BCUT2D eigenvalue weighted by Gasteiger charge is -2.43. The lowest BCUT2D eigenvalue weighted by molar-refractivity contribution is -0.114. The topological polar surface area (TPSA) is 88.2 Å². The molecule has 0 saturated carbocycles. The van der Waals surface area contributed by atoms with Crippen LogP contribution in [0.2, 0.25) is 0 Å².